The molecule has 0 saturated heterocycles. The first kappa shape index (κ1) is 26.7. The van der Waals surface area contributed by atoms with E-state index in [4.69, 9.17) is 11.5 Å². The number of carbonyl (C=O) groups excluding carboxylic acids is 2. The Balaban J connectivity index is 4.65. The van der Waals surface area contributed by atoms with E-state index >= 15 is 0 Å². The third kappa shape index (κ3) is 11.6. The molecule has 0 aromatic rings. The van der Waals surface area contributed by atoms with Gasteiger partial charge in [-0.1, -0.05) is 6.92 Å². The van der Waals surface area contributed by atoms with Crippen molar-refractivity contribution in [1.29, 1.82) is 0 Å². The molecule has 0 radical (unpaired) electrons. The fourth-order valence-electron chi connectivity index (χ4n) is 2.91. The first-order valence-corrected chi connectivity index (χ1v) is 10.2. The molecule has 5 atom stereocenters. The summed E-state index contributed by atoms with van der Waals surface area (Å²) in [5, 5.41) is 35.8. The zero-order chi connectivity index (χ0) is 21.5. The lowest BCUT2D eigenvalue weighted by Crippen LogP contribution is -2.44. The fraction of sp³-hybridized carbons (Fsp3) is 0.895. The molecule has 0 spiro atoms. The molecule has 2 amide bonds. The van der Waals surface area contributed by atoms with E-state index in [-0.39, 0.29) is 24.7 Å². The number of nitrogens with one attached hydrogen (secondary N) is 2. The van der Waals surface area contributed by atoms with E-state index in [0.717, 1.165) is 25.7 Å². The summed E-state index contributed by atoms with van der Waals surface area (Å²) in [4.78, 5) is 24.5. The van der Waals surface area contributed by atoms with Crippen LogP contribution in [0.3, 0.4) is 0 Å². The van der Waals surface area contributed by atoms with Gasteiger partial charge in [0, 0.05) is 19.0 Å². The second-order valence-electron chi connectivity index (χ2n) is 7.44. The molecule has 0 aliphatic carbocycles. The van der Waals surface area contributed by atoms with Crippen molar-refractivity contribution in [2.75, 3.05) is 26.2 Å². The average molecular weight is 405 g/mol. The van der Waals surface area contributed by atoms with Gasteiger partial charge in [-0.3, -0.25) is 9.59 Å². The van der Waals surface area contributed by atoms with Gasteiger partial charge >= 0.3 is 0 Å². The molecule has 0 rings (SSSR count). The molecule has 0 saturated carbocycles. The number of aliphatic hydroxyl groups excluding tert-OH is 3. The molecular formula is C19H40N4O5. The van der Waals surface area contributed by atoms with E-state index in [1.165, 1.54) is 6.92 Å². The third-order valence-electron chi connectivity index (χ3n) is 4.70. The predicted molar refractivity (Wildman–Crippen MR) is 108 cm³/mol. The molecule has 0 aromatic heterocycles. The minimum absolute atomic E-state index is 0.0421. The number of amides is 2. The Morgan fingerprint density at radius 1 is 0.821 bits per heavy atom. The van der Waals surface area contributed by atoms with E-state index < -0.39 is 30.1 Å². The summed E-state index contributed by atoms with van der Waals surface area (Å²) in [7, 11) is 0. The molecule has 5 unspecified atom stereocenters. The Morgan fingerprint density at radius 2 is 1.32 bits per heavy atom. The summed E-state index contributed by atoms with van der Waals surface area (Å²) >= 11 is 0. The standard InChI is InChI=1S/C19H40N4O5/c1-13(24)11-15(19(28)23-10-6-4-8-21)12-16(25)17(26)14(2)18(27)22-9-5-3-7-20/h13-17,24-26H,3-12,20-21H2,1-2H3,(H,22,27)(H,23,28). The summed E-state index contributed by atoms with van der Waals surface area (Å²) in [5.41, 5.74) is 10.8. The van der Waals surface area contributed by atoms with Crippen molar-refractivity contribution in [3.05, 3.63) is 0 Å². The van der Waals surface area contributed by atoms with Crippen LogP contribution in [-0.2, 0) is 9.59 Å². The smallest absolute Gasteiger partial charge is 0.225 e. The minimum Gasteiger partial charge on any atom is -0.393 e. The Bertz CT molecular complexity index is 437. The Morgan fingerprint density at radius 3 is 1.79 bits per heavy atom. The second kappa shape index (κ2) is 15.6. The summed E-state index contributed by atoms with van der Waals surface area (Å²) in [6.45, 7) is 5.11. The average Bonchev–Trinajstić information content (AvgIpc) is 2.66. The summed E-state index contributed by atoms with van der Waals surface area (Å²) in [5.74, 6) is -2.14. The van der Waals surface area contributed by atoms with Crippen molar-refractivity contribution < 1.29 is 24.9 Å². The van der Waals surface area contributed by atoms with E-state index in [1.54, 1.807) is 6.92 Å². The normalized spacial score (nSPS) is 16.7. The molecule has 0 aliphatic rings. The van der Waals surface area contributed by atoms with Crippen LogP contribution < -0.4 is 22.1 Å². The van der Waals surface area contributed by atoms with Crippen LogP contribution in [0.25, 0.3) is 0 Å². The van der Waals surface area contributed by atoms with Crippen molar-refractivity contribution in [1.82, 2.24) is 10.6 Å². The van der Waals surface area contributed by atoms with Crippen LogP contribution in [0.5, 0.6) is 0 Å². The van der Waals surface area contributed by atoms with Crippen LogP contribution in [0.4, 0.5) is 0 Å². The first-order chi connectivity index (χ1) is 13.2. The molecule has 166 valence electrons. The number of aliphatic hydroxyl groups is 3. The van der Waals surface area contributed by atoms with Gasteiger partial charge in [0.25, 0.3) is 0 Å². The van der Waals surface area contributed by atoms with Gasteiger partial charge in [0.05, 0.1) is 24.2 Å². The number of hydrogen-bond donors (Lipinski definition) is 7. The Hall–Kier alpha value is -1.26. The molecule has 9 nitrogen and oxygen atoms in total. The highest BCUT2D eigenvalue weighted by Gasteiger charge is 2.32. The van der Waals surface area contributed by atoms with Crippen molar-refractivity contribution in [2.45, 2.75) is 70.7 Å². The lowest BCUT2D eigenvalue weighted by atomic mass is 9.88. The van der Waals surface area contributed by atoms with Gasteiger partial charge in [-0.25, -0.2) is 0 Å². The monoisotopic (exact) mass is 404 g/mol. The number of hydrogen-bond acceptors (Lipinski definition) is 7. The second-order valence-corrected chi connectivity index (χ2v) is 7.44. The van der Waals surface area contributed by atoms with Gasteiger partial charge in [0.2, 0.25) is 11.8 Å². The van der Waals surface area contributed by atoms with Crippen LogP contribution in [-0.4, -0.2) is 71.6 Å². The first-order valence-electron chi connectivity index (χ1n) is 10.2. The fourth-order valence-corrected chi connectivity index (χ4v) is 2.91. The van der Waals surface area contributed by atoms with E-state index in [0.29, 0.717) is 26.2 Å². The van der Waals surface area contributed by atoms with Gasteiger partial charge in [-0.15, -0.1) is 0 Å². The van der Waals surface area contributed by atoms with Gasteiger partial charge in [-0.05, 0) is 58.5 Å². The number of nitrogens with two attached hydrogens (primary N) is 2. The van der Waals surface area contributed by atoms with Crippen LogP contribution in [0.15, 0.2) is 0 Å². The topological polar surface area (TPSA) is 171 Å². The maximum atomic E-state index is 12.4. The largest absolute Gasteiger partial charge is 0.393 e. The van der Waals surface area contributed by atoms with Crippen LogP contribution in [0.1, 0.15) is 52.4 Å². The molecule has 0 aromatic carbocycles. The predicted octanol–water partition coefficient (Wildman–Crippen LogP) is -1.17. The highest BCUT2D eigenvalue weighted by atomic mass is 16.3. The SMILES string of the molecule is CC(O)CC(CC(O)C(O)C(C)C(=O)NCCCCN)C(=O)NCCCCN. The maximum Gasteiger partial charge on any atom is 0.225 e. The number of carbonyl (C=O) groups is 2. The Labute approximate surface area is 168 Å². The molecule has 0 aliphatic heterocycles. The van der Waals surface area contributed by atoms with Crippen molar-refractivity contribution in [2.24, 2.45) is 23.3 Å². The molecule has 0 bridgehead atoms. The maximum absolute atomic E-state index is 12.4. The van der Waals surface area contributed by atoms with Crippen molar-refractivity contribution in [3.8, 4) is 0 Å². The molecule has 28 heavy (non-hydrogen) atoms. The molecule has 0 fully saturated rings. The van der Waals surface area contributed by atoms with E-state index in [1.807, 2.05) is 0 Å². The van der Waals surface area contributed by atoms with E-state index in [2.05, 4.69) is 10.6 Å². The number of rotatable bonds is 16. The highest BCUT2D eigenvalue weighted by Crippen LogP contribution is 2.19. The van der Waals surface area contributed by atoms with Gasteiger partial charge < -0.3 is 37.4 Å². The Kier molecular flexibility index (Phi) is 14.9. The highest BCUT2D eigenvalue weighted by molar-refractivity contribution is 5.79. The van der Waals surface area contributed by atoms with Gasteiger partial charge in [-0.2, -0.15) is 0 Å². The molecular weight excluding hydrogens is 364 g/mol. The van der Waals surface area contributed by atoms with E-state index in [9.17, 15) is 24.9 Å². The van der Waals surface area contributed by atoms with Crippen molar-refractivity contribution >= 4 is 11.8 Å². The molecule has 9 N–H and O–H groups in total. The zero-order valence-electron chi connectivity index (χ0n) is 17.3. The van der Waals surface area contributed by atoms with Gasteiger partial charge in [0.15, 0.2) is 0 Å². The van der Waals surface area contributed by atoms with Crippen LogP contribution >= 0.6 is 0 Å². The lowest BCUT2D eigenvalue weighted by Gasteiger charge is -2.27. The quantitative estimate of drug-likeness (QED) is 0.159. The van der Waals surface area contributed by atoms with Crippen LogP contribution in [0, 0.1) is 11.8 Å². The number of unbranched alkanes of at least 4 members (excludes halogenated alkanes) is 2. The molecule has 0 heterocycles. The van der Waals surface area contributed by atoms with Gasteiger partial charge in [0.1, 0.15) is 0 Å². The summed E-state index contributed by atoms with van der Waals surface area (Å²) < 4.78 is 0. The lowest BCUT2D eigenvalue weighted by molar-refractivity contribution is -0.133. The summed E-state index contributed by atoms with van der Waals surface area (Å²) in [6, 6.07) is 0. The van der Waals surface area contributed by atoms with Crippen LogP contribution in [0.2, 0.25) is 0 Å². The van der Waals surface area contributed by atoms with Crippen molar-refractivity contribution in [3.63, 3.8) is 0 Å². The third-order valence-corrected chi connectivity index (χ3v) is 4.70. The minimum atomic E-state index is -1.31. The summed E-state index contributed by atoms with van der Waals surface area (Å²) in [6.07, 6.45) is -0.107. The molecule has 9 heteroatoms. The zero-order valence-corrected chi connectivity index (χ0v) is 17.3.